The summed E-state index contributed by atoms with van der Waals surface area (Å²) in [5.41, 5.74) is -1.20. The average molecular weight is 292 g/mol. The molecule has 0 amide bonds. The summed E-state index contributed by atoms with van der Waals surface area (Å²) in [5, 5.41) is 33.3. The van der Waals surface area contributed by atoms with Crippen molar-refractivity contribution in [3.8, 4) is 0 Å². The molecule has 2 unspecified atom stereocenters. The zero-order chi connectivity index (χ0) is 16.7. The highest BCUT2D eigenvalue weighted by atomic mass is 16.4. The lowest BCUT2D eigenvalue weighted by Crippen LogP contribution is -2.35. The van der Waals surface area contributed by atoms with E-state index in [1.807, 2.05) is 0 Å². The highest BCUT2D eigenvalue weighted by Crippen LogP contribution is 2.26. The van der Waals surface area contributed by atoms with Gasteiger partial charge in [-0.1, -0.05) is 13.8 Å². The second-order valence-electron chi connectivity index (χ2n) is 4.92. The van der Waals surface area contributed by atoms with Crippen LogP contribution in [0.25, 0.3) is 0 Å². The van der Waals surface area contributed by atoms with Gasteiger partial charge < -0.3 is 20.4 Å². The molecule has 116 valence electrons. The van der Waals surface area contributed by atoms with E-state index in [0.717, 1.165) is 0 Å². The Labute approximate surface area is 116 Å². The molecule has 0 radical (unpaired) electrons. The summed E-state index contributed by atoms with van der Waals surface area (Å²) < 4.78 is 0. The molecule has 0 aliphatic heterocycles. The van der Waals surface area contributed by atoms with E-state index in [1.165, 1.54) is 27.7 Å². The number of hydrogen-bond acceptors (Lipinski definition) is 4. The topological polar surface area (TPSA) is 149 Å². The van der Waals surface area contributed by atoms with E-state index in [2.05, 4.69) is 0 Å². The first kappa shape index (κ1) is 20.2. The third kappa shape index (κ3) is 7.34. The van der Waals surface area contributed by atoms with Crippen LogP contribution >= 0.6 is 0 Å². The molecule has 0 fully saturated rings. The van der Waals surface area contributed by atoms with E-state index in [-0.39, 0.29) is 6.42 Å². The van der Waals surface area contributed by atoms with Crippen molar-refractivity contribution in [3.63, 3.8) is 0 Å². The first-order chi connectivity index (χ1) is 8.83. The Morgan fingerprint density at radius 2 is 1.30 bits per heavy atom. The molecule has 2 atom stereocenters. The first-order valence-electron chi connectivity index (χ1n) is 5.74. The van der Waals surface area contributed by atoms with E-state index in [0.29, 0.717) is 0 Å². The summed E-state index contributed by atoms with van der Waals surface area (Å²) in [4.78, 5) is 40.7. The monoisotopic (exact) mass is 292 g/mol. The molecule has 20 heavy (non-hydrogen) atoms. The number of hydrogen-bond donors (Lipinski definition) is 4. The molecule has 0 bridgehead atoms. The minimum Gasteiger partial charge on any atom is -0.481 e. The molecule has 0 saturated carbocycles. The second-order valence-corrected chi connectivity index (χ2v) is 4.92. The minimum atomic E-state index is -1.20. The summed E-state index contributed by atoms with van der Waals surface area (Å²) in [6.07, 6.45) is -0.310. The average Bonchev–Trinajstić information content (AvgIpc) is 2.27. The number of aliphatic carboxylic acids is 4. The molecule has 0 rings (SSSR count). The molecular formula is C12H20O8. The Kier molecular flexibility index (Phi) is 8.21. The van der Waals surface area contributed by atoms with Crippen molar-refractivity contribution < 1.29 is 39.6 Å². The SMILES string of the molecule is CC(C(=O)O)C(C)(C)C(=O)O.CC(CC(=O)O)C(=O)O. The van der Waals surface area contributed by atoms with Crippen LogP contribution in [0.2, 0.25) is 0 Å². The lowest BCUT2D eigenvalue weighted by atomic mass is 9.80. The van der Waals surface area contributed by atoms with Crippen molar-refractivity contribution in [2.75, 3.05) is 0 Å². The third-order valence-corrected chi connectivity index (χ3v) is 2.91. The highest BCUT2D eigenvalue weighted by Gasteiger charge is 2.38. The maximum absolute atomic E-state index is 10.5. The van der Waals surface area contributed by atoms with Crippen molar-refractivity contribution in [1.29, 1.82) is 0 Å². The molecule has 8 heteroatoms. The van der Waals surface area contributed by atoms with Crippen LogP contribution in [-0.4, -0.2) is 44.3 Å². The van der Waals surface area contributed by atoms with Crippen LogP contribution in [0.15, 0.2) is 0 Å². The van der Waals surface area contributed by atoms with Crippen LogP contribution in [-0.2, 0) is 19.2 Å². The van der Waals surface area contributed by atoms with Gasteiger partial charge in [-0.2, -0.15) is 0 Å². The van der Waals surface area contributed by atoms with Gasteiger partial charge in [0.15, 0.2) is 0 Å². The molecule has 0 aromatic rings. The molecule has 0 aromatic heterocycles. The lowest BCUT2D eigenvalue weighted by Gasteiger charge is -2.23. The number of carboxylic acids is 4. The molecule has 0 aromatic carbocycles. The molecule has 0 saturated heterocycles. The third-order valence-electron chi connectivity index (χ3n) is 2.91. The van der Waals surface area contributed by atoms with Crippen LogP contribution in [0.1, 0.15) is 34.1 Å². The molecule has 8 nitrogen and oxygen atoms in total. The summed E-state index contributed by atoms with van der Waals surface area (Å²) in [7, 11) is 0. The zero-order valence-corrected chi connectivity index (χ0v) is 11.8. The van der Waals surface area contributed by atoms with Gasteiger partial charge in [0.25, 0.3) is 0 Å². The van der Waals surface area contributed by atoms with E-state index < -0.39 is 41.1 Å². The number of carboxylic acid groups (broad SMARTS) is 4. The minimum absolute atomic E-state index is 0.310. The van der Waals surface area contributed by atoms with Gasteiger partial charge in [-0.25, -0.2) is 0 Å². The predicted octanol–water partition coefficient (Wildman–Crippen LogP) is 1.000. The molecule has 0 aliphatic carbocycles. The van der Waals surface area contributed by atoms with E-state index >= 15 is 0 Å². The standard InChI is InChI=1S/C7H12O4.C5H8O4/c1-4(5(8)9)7(2,3)6(10)11;1-3(5(8)9)2-4(6)7/h4H,1-3H3,(H,8,9)(H,10,11);3H,2H2,1H3,(H,6,7)(H,8,9). The molecule has 4 N–H and O–H groups in total. The van der Waals surface area contributed by atoms with Crippen LogP contribution in [0, 0.1) is 17.3 Å². The van der Waals surface area contributed by atoms with Crippen LogP contribution in [0.4, 0.5) is 0 Å². The van der Waals surface area contributed by atoms with Crippen molar-refractivity contribution in [3.05, 3.63) is 0 Å². The smallest absolute Gasteiger partial charge is 0.309 e. The number of rotatable bonds is 6. The fraction of sp³-hybridized carbons (Fsp3) is 0.667. The Hall–Kier alpha value is -2.12. The highest BCUT2D eigenvalue weighted by molar-refractivity contribution is 5.82. The van der Waals surface area contributed by atoms with Crippen LogP contribution in [0.3, 0.4) is 0 Å². The second kappa shape index (κ2) is 8.13. The maximum atomic E-state index is 10.5. The zero-order valence-electron chi connectivity index (χ0n) is 11.8. The van der Waals surface area contributed by atoms with Crippen LogP contribution < -0.4 is 0 Å². The molecule has 0 heterocycles. The Bertz CT molecular complexity index is 385. The largest absolute Gasteiger partial charge is 0.481 e. The first-order valence-corrected chi connectivity index (χ1v) is 5.74. The lowest BCUT2D eigenvalue weighted by molar-refractivity contribution is -0.159. The normalized spacial score (nSPS) is 13.4. The van der Waals surface area contributed by atoms with Crippen molar-refractivity contribution in [1.82, 2.24) is 0 Å². The fourth-order valence-electron chi connectivity index (χ4n) is 0.843. The van der Waals surface area contributed by atoms with Gasteiger partial charge in [0.05, 0.1) is 23.7 Å². The number of carbonyl (C=O) groups is 4. The Morgan fingerprint density at radius 3 is 1.40 bits per heavy atom. The van der Waals surface area contributed by atoms with Crippen molar-refractivity contribution >= 4 is 23.9 Å². The molecule has 0 aliphatic rings. The van der Waals surface area contributed by atoms with Gasteiger partial charge in [0.1, 0.15) is 0 Å². The van der Waals surface area contributed by atoms with Gasteiger partial charge in [-0.15, -0.1) is 0 Å². The Balaban J connectivity index is 0. The molecular weight excluding hydrogens is 272 g/mol. The van der Waals surface area contributed by atoms with E-state index in [4.69, 9.17) is 20.4 Å². The van der Waals surface area contributed by atoms with Crippen molar-refractivity contribution in [2.45, 2.75) is 34.1 Å². The summed E-state index contributed by atoms with van der Waals surface area (Å²) in [6, 6.07) is 0. The summed E-state index contributed by atoms with van der Waals surface area (Å²) in [5.74, 6) is -5.99. The van der Waals surface area contributed by atoms with Gasteiger partial charge in [0, 0.05) is 0 Å². The fourth-order valence-corrected chi connectivity index (χ4v) is 0.843. The predicted molar refractivity (Wildman–Crippen MR) is 67.3 cm³/mol. The van der Waals surface area contributed by atoms with Gasteiger partial charge in [0.2, 0.25) is 0 Å². The van der Waals surface area contributed by atoms with Gasteiger partial charge in [-0.05, 0) is 13.8 Å². The molecule has 0 spiro atoms. The van der Waals surface area contributed by atoms with Gasteiger partial charge >= 0.3 is 23.9 Å². The quantitative estimate of drug-likeness (QED) is 0.566. The summed E-state index contributed by atoms with van der Waals surface area (Å²) in [6.45, 7) is 5.54. The van der Waals surface area contributed by atoms with E-state index in [9.17, 15) is 19.2 Å². The van der Waals surface area contributed by atoms with Crippen molar-refractivity contribution in [2.24, 2.45) is 17.3 Å². The van der Waals surface area contributed by atoms with E-state index in [1.54, 1.807) is 0 Å². The summed E-state index contributed by atoms with van der Waals surface area (Å²) >= 11 is 0. The Morgan fingerprint density at radius 1 is 0.900 bits per heavy atom. The maximum Gasteiger partial charge on any atom is 0.309 e. The van der Waals surface area contributed by atoms with Crippen LogP contribution in [0.5, 0.6) is 0 Å². The van der Waals surface area contributed by atoms with Gasteiger partial charge in [-0.3, -0.25) is 19.2 Å².